The summed E-state index contributed by atoms with van der Waals surface area (Å²) in [5.41, 5.74) is 9.35. The smallest absolute Gasteiger partial charge is 0.141 e. The predicted molar refractivity (Wildman–Crippen MR) is 111 cm³/mol. The van der Waals surface area contributed by atoms with E-state index in [0.717, 1.165) is 55.5 Å². The van der Waals surface area contributed by atoms with Gasteiger partial charge in [0.2, 0.25) is 0 Å². The fourth-order valence-corrected chi connectivity index (χ4v) is 5.41. The van der Waals surface area contributed by atoms with Crippen molar-refractivity contribution in [3.8, 4) is 17.3 Å². The van der Waals surface area contributed by atoms with Crippen molar-refractivity contribution in [1.29, 1.82) is 5.26 Å². The minimum atomic E-state index is 0.143. The van der Waals surface area contributed by atoms with Gasteiger partial charge < -0.3 is 10.7 Å². The number of nitrogens with two attached hydrogens (primary N) is 1. The van der Waals surface area contributed by atoms with Crippen LogP contribution in [-0.4, -0.2) is 42.7 Å². The number of likely N-dealkylation sites (tertiary alicyclic amines) is 1. The first-order valence-electron chi connectivity index (χ1n) is 10.6. The van der Waals surface area contributed by atoms with Gasteiger partial charge in [0.05, 0.1) is 17.3 Å². The van der Waals surface area contributed by atoms with E-state index < -0.39 is 0 Å². The van der Waals surface area contributed by atoms with Gasteiger partial charge in [-0.3, -0.25) is 9.58 Å². The quantitative estimate of drug-likeness (QED) is 0.696. The van der Waals surface area contributed by atoms with Crippen LogP contribution in [0.1, 0.15) is 48.8 Å². The number of nitrogen functional groups attached to an aromatic ring is 1. The minimum absolute atomic E-state index is 0.143. The fourth-order valence-electron chi connectivity index (χ4n) is 5.41. The Morgan fingerprint density at radius 1 is 1.23 bits per heavy atom. The lowest BCUT2D eigenvalue weighted by Gasteiger charge is -2.29. The second-order valence-electron chi connectivity index (χ2n) is 8.91. The molecule has 1 saturated heterocycles. The van der Waals surface area contributed by atoms with Crippen LogP contribution in [0.25, 0.3) is 11.3 Å². The number of nitrogens with one attached hydrogen (secondary N) is 1. The lowest BCUT2D eigenvalue weighted by molar-refractivity contribution is 0.198. The molecule has 30 heavy (non-hydrogen) atoms. The van der Waals surface area contributed by atoms with Crippen LogP contribution >= 0.6 is 0 Å². The SMILES string of the molecule is N#Cc1cc(-c2cc3n(n2)CC[C@@]32CCN([C@@H](c3ncc[nH]3)C3CC3)C2)cnc1N. The highest BCUT2D eigenvalue weighted by atomic mass is 15.3. The maximum Gasteiger partial charge on any atom is 0.141 e. The van der Waals surface area contributed by atoms with Crippen LogP contribution in [0.2, 0.25) is 0 Å². The normalized spacial score (nSPS) is 24.2. The number of H-pyrrole nitrogens is 1. The predicted octanol–water partition coefficient (Wildman–Crippen LogP) is 2.62. The van der Waals surface area contributed by atoms with Gasteiger partial charge in [-0.2, -0.15) is 10.4 Å². The summed E-state index contributed by atoms with van der Waals surface area (Å²) >= 11 is 0. The van der Waals surface area contributed by atoms with Crippen LogP contribution in [0.3, 0.4) is 0 Å². The maximum atomic E-state index is 9.27. The topological polar surface area (TPSA) is 112 Å². The number of fused-ring (bicyclic) bond motifs is 2. The van der Waals surface area contributed by atoms with Crippen LogP contribution < -0.4 is 5.73 Å². The number of rotatable bonds is 4. The van der Waals surface area contributed by atoms with Crippen molar-refractivity contribution in [1.82, 2.24) is 29.6 Å². The van der Waals surface area contributed by atoms with Crippen molar-refractivity contribution < 1.29 is 0 Å². The van der Waals surface area contributed by atoms with Gasteiger partial charge in [-0.05, 0) is 50.3 Å². The number of nitrogens with zero attached hydrogens (tertiary/aromatic N) is 6. The van der Waals surface area contributed by atoms with Gasteiger partial charge in [-0.15, -0.1) is 0 Å². The number of imidazole rings is 1. The van der Waals surface area contributed by atoms with Crippen molar-refractivity contribution in [3.05, 3.63) is 47.8 Å². The molecule has 5 heterocycles. The summed E-state index contributed by atoms with van der Waals surface area (Å²) < 4.78 is 2.15. The van der Waals surface area contributed by atoms with Crippen molar-refractivity contribution in [2.45, 2.75) is 43.7 Å². The van der Waals surface area contributed by atoms with Gasteiger partial charge in [0.1, 0.15) is 17.7 Å². The minimum Gasteiger partial charge on any atom is -0.383 e. The molecule has 3 N–H and O–H groups in total. The molecule has 0 radical (unpaired) electrons. The highest BCUT2D eigenvalue weighted by Gasteiger charge is 2.49. The number of anilines is 1. The highest BCUT2D eigenvalue weighted by Crippen LogP contribution is 2.50. The van der Waals surface area contributed by atoms with Crippen LogP contribution in [-0.2, 0) is 12.0 Å². The zero-order valence-electron chi connectivity index (χ0n) is 16.8. The Bertz CT molecular complexity index is 1140. The van der Waals surface area contributed by atoms with Gasteiger partial charge in [0, 0.05) is 48.4 Å². The molecule has 8 nitrogen and oxygen atoms in total. The third kappa shape index (κ3) is 2.66. The molecule has 0 amide bonds. The molecule has 8 heteroatoms. The van der Waals surface area contributed by atoms with Crippen molar-refractivity contribution in [2.24, 2.45) is 5.92 Å². The zero-order valence-corrected chi connectivity index (χ0v) is 16.8. The van der Waals surface area contributed by atoms with E-state index in [1.807, 2.05) is 12.4 Å². The number of aromatic amines is 1. The Balaban J connectivity index is 1.31. The molecule has 1 spiro atoms. The molecular weight excluding hydrogens is 376 g/mol. The van der Waals surface area contributed by atoms with Gasteiger partial charge in [-0.1, -0.05) is 0 Å². The number of aryl methyl sites for hydroxylation is 1. The van der Waals surface area contributed by atoms with Crippen molar-refractivity contribution in [3.63, 3.8) is 0 Å². The van der Waals surface area contributed by atoms with E-state index in [-0.39, 0.29) is 11.2 Å². The zero-order chi connectivity index (χ0) is 20.3. The van der Waals surface area contributed by atoms with E-state index in [1.165, 1.54) is 18.5 Å². The molecular formula is C22H24N8. The van der Waals surface area contributed by atoms with Gasteiger partial charge in [0.25, 0.3) is 0 Å². The molecule has 152 valence electrons. The molecule has 1 aliphatic carbocycles. The van der Waals surface area contributed by atoms with Crippen LogP contribution in [0, 0.1) is 17.2 Å². The molecule has 3 aliphatic rings. The summed E-state index contributed by atoms with van der Waals surface area (Å²) in [6.07, 6.45) is 10.4. The molecule has 2 atom stereocenters. The monoisotopic (exact) mass is 400 g/mol. The Morgan fingerprint density at radius 3 is 2.87 bits per heavy atom. The van der Waals surface area contributed by atoms with E-state index >= 15 is 0 Å². The first-order valence-corrected chi connectivity index (χ1v) is 10.6. The molecule has 2 aliphatic heterocycles. The third-order valence-electron chi connectivity index (χ3n) is 7.10. The van der Waals surface area contributed by atoms with Gasteiger partial charge >= 0.3 is 0 Å². The molecule has 3 aromatic rings. The molecule has 6 rings (SSSR count). The lowest BCUT2D eigenvalue weighted by Crippen LogP contribution is -2.33. The summed E-state index contributed by atoms with van der Waals surface area (Å²) in [6, 6.07) is 6.50. The summed E-state index contributed by atoms with van der Waals surface area (Å²) in [5.74, 6) is 2.09. The second kappa shape index (κ2) is 6.41. The Hall–Kier alpha value is -3.18. The molecule has 3 aromatic heterocycles. The second-order valence-corrected chi connectivity index (χ2v) is 8.91. The molecule has 0 aromatic carbocycles. The van der Waals surface area contributed by atoms with Crippen molar-refractivity contribution >= 4 is 5.82 Å². The molecule has 2 fully saturated rings. The van der Waals surface area contributed by atoms with E-state index in [9.17, 15) is 5.26 Å². The lowest BCUT2D eigenvalue weighted by atomic mass is 9.82. The standard InChI is InChI=1S/C22H24N8/c23-11-15-9-16(12-27-20(15)24)17-10-18-22(4-8-30(18)28-17)3-7-29(13-22)19(14-1-2-14)21-25-5-6-26-21/h5-6,9-10,12,14,19H,1-4,7-8,13H2,(H2,24,27)(H,25,26)/t19-,22-/m1/s1. The fraction of sp³-hybridized carbons (Fsp3) is 0.455. The molecule has 0 bridgehead atoms. The largest absolute Gasteiger partial charge is 0.383 e. The van der Waals surface area contributed by atoms with Crippen molar-refractivity contribution in [2.75, 3.05) is 18.8 Å². The van der Waals surface area contributed by atoms with E-state index in [4.69, 9.17) is 10.8 Å². The first-order chi connectivity index (χ1) is 14.7. The van der Waals surface area contributed by atoms with Gasteiger partial charge in [0.15, 0.2) is 0 Å². The third-order valence-corrected chi connectivity index (χ3v) is 7.10. The Kier molecular flexibility index (Phi) is 3.77. The molecule has 1 saturated carbocycles. The number of hydrogen-bond acceptors (Lipinski definition) is 6. The maximum absolute atomic E-state index is 9.27. The average Bonchev–Trinajstić information content (AvgIpc) is 3.14. The Morgan fingerprint density at radius 2 is 2.10 bits per heavy atom. The molecule has 0 unspecified atom stereocenters. The van der Waals surface area contributed by atoms with Crippen LogP contribution in [0.5, 0.6) is 0 Å². The highest BCUT2D eigenvalue weighted by molar-refractivity contribution is 5.65. The van der Waals surface area contributed by atoms with E-state index in [1.54, 1.807) is 12.3 Å². The number of hydrogen-bond donors (Lipinski definition) is 2. The van der Waals surface area contributed by atoms with Crippen LogP contribution in [0.15, 0.2) is 30.7 Å². The van der Waals surface area contributed by atoms with E-state index in [0.29, 0.717) is 11.6 Å². The first kappa shape index (κ1) is 17.7. The summed E-state index contributed by atoms with van der Waals surface area (Å²) in [6.45, 7) is 3.07. The average molecular weight is 400 g/mol. The van der Waals surface area contributed by atoms with E-state index in [2.05, 4.69) is 36.7 Å². The Labute approximate surface area is 174 Å². The summed E-state index contributed by atoms with van der Waals surface area (Å²) in [4.78, 5) is 14.8. The van der Waals surface area contributed by atoms with Gasteiger partial charge in [-0.25, -0.2) is 9.97 Å². The summed E-state index contributed by atoms with van der Waals surface area (Å²) in [5, 5.41) is 14.1. The van der Waals surface area contributed by atoms with Crippen LogP contribution in [0.4, 0.5) is 5.82 Å². The number of aromatic nitrogens is 5. The number of pyridine rings is 1. The number of nitriles is 1. The summed E-state index contributed by atoms with van der Waals surface area (Å²) in [7, 11) is 0.